The topological polar surface area (TPSA) is 69.0 Å². The van der Waals surface area contributed by atoms with Gasteiger partial charge in [-0.25, -0.2) is 4.98 Å². The van der Waals surface area contributed by atoms with Gasteiger partial charge in [-0.2, -0.15) is 9.61 Å². The number of nitrogens with zero attached hydrogens (tertiary/aromatic N) is 6. The Hall–Kier alpha value is -2.19. The third kappa shape index (κ3) is 3.99. The van der Waals surface area contributed by atoms with Gasteiger partial charge in [0.25, 0.3) is 0 Å². The van der Waals surface area contributed by atoms with E-state index in [0.29, 0.717) is 11.9 Å². The molecule has 2 aromatic rings. The van der Waals surface area contributed by atoms with E-state index < -0.39 is 0 Å². The van der Waals surface area contributed by atoms with Crippen molar-refractivity contribution in [3.63, 3.8) is 0 Å². The second-order valence-electron chi connectivity index (χ2n) is 9.53. The van der Waals surface area contributed by atoms with Crippen LogP contribution in [0.1, 0.15) is 44.4 Å². The molecule has 0 aliphatic carbocycles. The molecule has 32 heavy (non-hydrogen) atoms. The van der Waals surface area contributed by atoms with Crippen LogP contribution in [0.25, 0.3) is 5.65 Å². The number of aromatic nitrogens is 3. The van der Waals surface area contributed by atoms with Gasteiger partial charge in [-0.05, 0) is 25.8 Å². The van der Waals surface area contributed by atoms with Crippen LogP contribution in [-0.2, 0) is 17.6 Å². The Kier molecular flexibility index (Phi) is 6.33. The van der Waals surface area contributed by atoms with Crippen LogP contribution in [0.2, 0.25) is 0 Å². The quantitative estimate of drug-likeness (QED) is 0.737. The van der Waals surface area contributed by atoms with Gasteiger partial charge in [0.15, 0.2) is 5.65 Å². The van der Waals surface area contributed by atoms with Crippen LogP contribution in [0.4, 0.5) is 5.82 Å². The lowest BCUT2D eigenvalue weighted by atomic mass is 9.96. The number of rotatable bonds is 6. The van der Waals surface area contributed by atoms with Crippen molar-refractivity contribution in [3.8, 4) is 0 Å². The highest BCUT2D eigenvalue weighted by Crippen LogP contribution is 2.32. The summed E-state index contributed by atoms with van der Waals surface area (Å²) < 4.78 is 1.97. The maximum atomic E-state index is 13.2. The number of piperazine rings is 1. The molecule has 1 amide bonds. The summed E-state index contributed by atoms with van der Waals surface area (Å²) in [5.41, 5.74) is 3.39. The first-order valence-corrected chi connectivity index (χ1v) is 12.5. The van der Waals surface area contributed by atoms with Gasteiger partial charge in [-0.15, -0.1) is 0 Å². The third-order valence-electron chi connectivity index (χ3n) is 7.55. The summed E-state index contributed by atoms with van der Waals surface area (Å²) >= 11 is 0. The van der Waals surface area contributed by atoms with E-state index in [1.165, 1.54) is 30.5 Å². The summed E-state index contributed by atoms with van der Waals surface area (Å²) in [5, 5.41) is 8.04. The summed E-state index contributed by atoms with van der Waals surface area (Å²) in [6.07, 6.45) is 7.42. The molecule has 8 heteroatoms. The molecule has 5 rings (SSSR count). The van der Waals surface area contributed by atoms with E-state index in [4.69, 9.17) is 4.98 Å². The number of nitrogens with one attached hydrogen (secondary N) is 1. The van der Waals surface area contributed by atoms with E-state index in [1.807, 2.05) is 16.8 Å². The molecule has 5 heterocycles. The molecule has 0 saturated carbocycles. The monoisotopic (exact) mass is 439 g/mol. The molecular formula is C24H37N7O. The molecule has 0 aromatic carbocycles. The summed E-state index contributed by atoms with van der Waals surface area (Å²) in [5.74, 6) is 1.58. The standard InChI is InChI=1S/C24H37N7O/c1-3-5-19(4-2)28-12-14-29(15-13-28)24(32)18-16-30(17-18)23-20-6-9-25-10-7-21(20)27-22-8-11-26-31(22)23/h8,11,18-19,25H,3-7,9-10,12-17H2,1-2H3. The minimum atomic E-state index is 0.0949. The molecule has 0 spiro atoms. The van der Waals surface area contributed by atoms with Gasteiger partial charge in [-0.1, -0.05) is 20.3 Å². The molecule has 3 aliphatic heterocycles. The molecule has 1 unspecified atom stereocenters. The van der Waals surface area contributed by atoms with E-state index in [0.717, 1.165) is 76.7 Å². The van der Waals surface area contributed by atoms with Crippen molar-refractivity contribution in [2.24, 2.45) is 5.92 Å². The van der Waals surface area contributed by atoms with E-state index in [1.54, 1.807) is 0 Å². The molecule has 0 bridgehead atoms. The lowest BCUT2D eigenvalue weighted by Crippen LogP contribution is -2.59. The summed E-state index contributed by atoms with van der Waals surface area (Å²) in [4.78, 5) is 25.1. The van der Waals surface area contributed by atoms with Gasteiger partial charge in [-0.3, -0.25) is 9.69 Å². The summed E-state index contributed by atoms with van der Waals surface area (Å²) in [7, 11) is 0. The zero-order valence-electron chi connectivity index (χ0n) is 19.6. The lowest BCUT2D eigenvalue weighted by Gasteiger charge is -2.45. The number of carbonyl (C=O) groups is 1. The van der Waals surface area contributed by atoms with Crippen molar-refractivity contribution < 1.29 is 4.79 Å². The zero-order chi connectivity index (χ0) is 22.1. The number of anilines is 1. The van der Waals surface area contributed by atoms with Gasteiger partial charge in [0.1, 0.15) is 5.82 Å². The molecule has 1 N–H and O–H groups in total. The predicted molar refractivity (Wildman–Crippen MR) is 126 cm³/mol. The van der Waals surface area contributed by atoms with Crippen molar-refractivity contribution in [2.75, 3.05) is 57.3 Å². The van der Waals surface area contributed by atoms with Crippen LogP contribution >= 0.6 is 0 Å². The Morgan fingerprint density at radius 2 is 1.94 bits per heavy atom. The van der Waals surface area contributed by atoms with Crippen molar-refractivity contribution in [3.05, 3.63) is 23.5 Å². The first kappa shape index (κ1) is 21.6. The summed E-state index contributed by atoms with van der Waals surface area (Å²) in [6.45, 7) is 11.8. The third-order valence-corrected chi connectivity index (χ3v) is 7.55. The van der Waals surface area contributed by atoms with E-state index in [-0.39, 0.29) is 5.92 Å². The Labute approximate surface area is 190 Å². The van der Waals surface area contributed by atoms with Gasteiger partial charge >= 0.3 is 0 Å². The number of amides is 1. The SMILES string of the molecule is CCCC(CC)N1CCN(C(=O)C2CN(c3c4c(nc5ccnn35)CCNCC4)C2)CC1. The highest BCUT2D eigenvalue weighted by Gasteiger charge is 2.39. The van der Waals surface area contributed by atoms with Crippen LogP contribution < -0.4 is 10.2 Å². The van der Waals surface area contributed by atoms with Crippen molar-refractivity contribution in [1.29, 1.82) is 0 Å². The fourth-order valence-corrected chi connectivity index (χ4v) is 5.69. The van der Waals surface area contributed by atoms with Crippen molar-refractivity contribution in [1.82, 2.24) is 29.7 Å². The first-order valence-electron chi connectivity index (χ1n) is 12.5. The molecule has 0 radical (unpaired) electrons. The molecule has 3 aliphatic rings. The number of hydrogen-bond donors (Lipinski definition) is 1. The number of carbonyl (C=O) groups excluding carboxylic acids is 1. The van der Waals surface area contributed by atoms with E-state index in [2.05, 4.69) is 39.0 Å². The van der Waals surface area contributed by atoms with Gasteiger partial charge in [0.2, 0.25) is 5.91 Å². The smallest absolute Gasteiger partial charge is 0.229 e. The second kappa shape index (κ2) is 9.35. The fraction of sp³-hybridized carbons (Fsp3) is 0.708. The molecule has 174 valence electrons. The van der Waals surface area contributed by atoms with Crippen LogP contribution in [0.15, 0.2) is 12.3 Å². The zero-order valence-corrected chi connectivity index (χ0v) is 19.6. The van der Waals surface area contributed by atoms with E-state index in [9.17, 15) is 4.79 Å². The maximum absolute atomic E-state index is 13.2. The predicted octanol–water partition coefficient (Wildman–Crippen LogP) is 1.58. The second-order valence-corrected chi connectivity index (χ2v) is 9.53. The molecule has 1 atom stereocenters. The van der Waals surface area contributed by atoms with Gasteiger partial charge in [0, 0.05) is 69.9 Å². The Morgan fingerprint density at radius 3 is 2.69 bits per heavy atom. The lowest BCUT2D eigenvalue weighted by molar-refractivity contribution is -0.138. The van der Waals surface area contributed by atoms with Crippen LogP contribution in [0.3, 0.4) is 0 Å². The Morgan fingerprint density at radius 1 is 1.16 bits per heavy atom. The van der Waals surface area contributed by atoms with Crippen molar-refractivity contribution in [2.45, 2.75) is 52.0 Å². The van der Waals surface area contributed by atoms with Crippen molar-refractivity contribution >= 4 is 17.4 Å². The number of fused-ring (bicyclic) bond motifs is 2. The van der Waals surface area contributed by atoms with Crippen LogP contribution in [-0.4, -0.2) is 88.7 Å². The molecular weight excluding hydrogens is 402 g/mol. The normalized spacial score (nSPS) is 21.3. The highest BCUT2D eigenvalue weighted by atomic mass is 16.2. The minimum absolute atomic E-state index is 0.0949. The van der Waals surface area contributed by atoms with Gasteiger partial charge in [0.05, 0.1) is 17.8 Å². The largest absolute Gasteiger partial charge is 0.354 e. The molecule has 2 aromatic heterocycles. The highest BCUT2D eigenvalue weighted by molar-refractivity contribution is 5.82. The molecule has 8 nitrogen and oxygen atoms in total. The minimum Gasteiger partial charge on any atom is -0.354 e. The Bertz CT molecular complexity index is 943. The molecule has 2 fully saturated rings. The molecule has 2 saturated heterocycles. The van der Waals surface area contributed by atoms with Crippen LogP contribution in [0.5, 0.6) is 0 Å². The fourth-order valence-electron chi connectivity index (χ4n) is 5.69. The average molecular weight is 440 g/mol. The summed E-state index contributed by atoms with van der Waals surface area (Å²) in [6, 6.07) is 2.65. The van der Waals surface area contributed by atoms with Gasteiger partial charge < -0.3 is 15.1 Å². The Balaban J connectivity index is 1.24. The van der Waals surface area contributed by atoms with Crippen LogP contribution in [0, 0.1) is 5.92 Å². The van der Waals surface area contributed by atoms with E-state index >= 15 is 0 Å². The first-order chi connectivity index (χ1) is 15.7. The number of hydrogen-bond acceptors (Lipinski definition) is 6. The maximum Gasteiger partial charge on any atom is 0.229 e. The average Bonchev–Trinajstić information content (AvgIpc) is 3.12.